The molecule has 0 spiro atoms. The van der Waals surface area contributed by atoms with Gasteiger partial charge in [0, 0.05) is 15.6 Å². The molecule has 8 heteroatoms. The van der Waals surface area contributed by atoms with Crippen LogP contribution in [0, 0.1) is 0 Å². The van der Waals surface area contributed by atoms with Crippen molar-refractivity contribution in [3.05, 3.63) is 61.5 Å². The molecule has 0 aliphatic carbocycles. The first kappa shape index (κ1) is 20.7. The molecule has 5 nitrogen and oxygen atoms in total. The van der Waals surface area contributed by atoms with Gasteiger partial charge in [0.25, 0.3) is 5.91 Å². The lowest BCUT2D eigenvalue weighted by Gasteiger charge is -2.15. The zero-order chi connectivity index (χ0) is 20.3. The van der Waals surface area contributed by atoms with Crippen molar-refractivity contribution in [2.45, 2.75) is 20.0 Å². The van der Waals surface area contributed by atoms with Crippen LogP contribution >= 0.6 is 39.1 Å². The summed E-state index contributed by atoms with van der Waals surface area (Å²) >= 11 is 15.6. The maximum atomic E-state index is 11.8. The van der Waals surface area contributed by atoms with Crippen molar-refractivity contribution in [3.8, 4) is 11.5 Å². The topological polar surface area (TPSA) is 64.6 Å². The van der Waals surface area contributed by atoms with Gasteiger partial charge < -0.3 is 9.47 Å². The van der Waals surface area contributed by atoms with Crippen molar-refractivity contribution in [1.82, 2.24) is 5.32 Å². The molecule has 28 heavy (non-hydrogen) atoms. The monoisotopic (exact) mass is 483 g/mol. The summed E-state index contributed by atoms with van der Waals surface area (Å²) in [6.45, 7) is 2.55. The van der Waals surface area contributed by atoms with Gasteiger partial charge in [-0.3, -0.25) is 14.9 Å². The molecule has 2 amide bonds. The van der Waals surface area contributed by atoms with E-state index in [-0.39, 0.29) is 24.8 Å². The molecule has 0 saturated carbocycles. The molecular formula is C20H16BrCl2NO4. The number of ether oxygens (including phenoxy) is 2. The lowest BCUT2D eigenvalue weighted by molar-refractivity contribution is -0.124. The number of carbonyl (C=O) groups excluding carboxylic acids is 2. The van der Waals surface area contributed by atoms with Gasteiger partial charge in [0.2, 0.25) is 5.91 Å². The van der Waals surface area contributed by atoms with Crippen molar-refractivity contribution in [3.63, 3.8) is 0 Å². The van der Waals surface area contributed by atoms with Crippen LogP contribution in [0.15, 0.2) is 40.4 Å². The van der Waals surface area contributed by atoms with E-state index in [0.717, 1.165) is 5.56 Å². The molecule has 0 atom stereocenters. The zero-order valence-electron chi connectivity index (χ0n) is 14.9. The van der Waals surface area contributed by atoms with Crippen LogP contribution in [0.3, 0.4) is 0 Å². The fraction of sp³-hybridized carbons (Fsp3) is 0.200. The van der Waals surface area contributed by atoms with Crippen LogP contribution in [0.1, 0.15) is 24.5 Å². The van der Waals surface area contributed by atoms with E-state index in [1.807, 2.05) is 6.92 Å². The number of amides is 2. The van der Waals surface area contributed by atoms with Gasteiger partial charge in [-0.25, -0.2) is 0 Å². The number of carbonyl (C=O) groups is 2. The Morgan fingerprint density at radius 2 is 1.82 bits per heavy atom. The highest BCUT2D eigenvalue weighted by Gasteiger charge is 2.24. The van der Waals surface area contributed by atoms with Crippen LogP contribution in [0.5, 0.6) is 11.5 Å². The summed E-state index contributed by atoms with van der Waals surface area (Å²) < 4.78 is 12.3. The molecule has 2 aromatic rings. The number of hydrogen-bond donors (Lipinski definition) is 1. The maximum absolute atomic E-state index is 11.8. The van der Waals surface area contributed by atoms with Gasteiger partial charge in [0.05, 0.1) is 17.5 Å². The van der Waals surface area contributed by atoms with Crippen LogP contribution < -0.4 is 14.8 Å². The van der Waals surface area contributed by atoms with Crippen LogP contribution in [0.4, 0.5) is 0 Å². The van der Waals surface area contributed by atoms with E-state index in [9.17, 15) is 9.59 Å². The Kier molecular flexibility index (Phi) is 6.65. The maximum Gasteiger partial charge on any atom is 0.254 e. The van der Waals surface area contributed by atoms with Gasteiger partial charge in [0.1, 0.15) is 6.61 Å². The summed E-state index contributed by atoms with van der Waals surface area (Å²) in [4.78, 5) is 23.2. The Morgan fingerprint density at radius 3 is 2.43 bits per heavy atom. The van der Waals surface area contributed by atoms with Gasteiger partial charge in [-0.05, 0) is 70.4 Å². The van der Waals surface area contributed by atoms with E-state index in [0.29, 0.717) is 43.8 Å². The average molecular weight is 485 g/mol. The summed E-state index contributed by atoms with van der Waals surface area (Å²) in [7, 11) is 0. The number of imide groups is 1. The standard InChI is InChI=1S/C20H16BrCl2NO4/c1-2-27-19-16(21)6-11(3-13-8-18(25)24-20(13)26)7-17(19)28-10-12-4-14(22)9-15(23)5-12/h3-7,9H,2,8,10H2,1H3,(H,24,25,26). The molecule has 0 unspecified atom stereocenters. The van der Waals surface area contributed by atoms with Gasteiger partial charge in [0.15, 0.2) is 11.5 Å². The third kappa shape index (κ3) is 5.07. The Labute approximate surface area is 180 Å². The van der Waals surface area contributed by atoms with Crippen LogP contribution in [-0.4, -0.2) is 18.4 Å². The minimum atomic E-state index is -0.383. The lowest BCUT2D eigenvalue weighted by atomic mass is 10.1. The molecule has 1 saturated heterocycles. The molecule has 1 aliphatic heterocycles. The summed E-state index contributed by atoms with van der Waals surface area (Å²) in [6, 6.07) is 8.74. The van der Waals surface area contributed by atoms with Gasteiger partial charge >= 0.3 is 0 Å². The lowest BCUT2D eigenvalue weighted by Crippen LogP contribution is -2.19. The largest absolute Gasteiger partial charge is 0.489 e. The van der Waals surface area contributed by atoms with Crippen molar-refractivity contribution in [2.24, 2.45) is 0 Å². The molecule has 1 aliphatic rings. The normalized spacial score (nSPS) is 15.1. The Morgan fingerprint density at radius 1 is 1.11 bits per heavy atom. The molecule has 0 aromatic heterocycles. The molecule has 0 radical (unpaired) electrons. The van der Waals surface area contributed by atoms with Crippen LogP contribution in [0.25, 0.3) is 6.08 Å². The van der Waals surface area contributed by atoms with Gasteiger partial charge in [-0.2, -0.15) is 0 Å². The molecule has 1 N–H and O–H groups in total. The second-order valence-electron chi connectivity index (χ2n) is 6.05. The van der Waals surface area contributed by atoms with E-state index in [1.54, 1.807) is 36.4 Å². The Hall–Kier alpha value is -2.02. The SMILES string of the molecule is CCOc1c(Br)cc(C=C2CC(=O)NC2=O)cc1OCc1cc(Cl)cc(Cl)c1. The fourth-order valence-corrected chi connectivity index (χ4v) is 3.89. The summed E-state index contributed by atoms with van der Waals surface area (Å²) in [5.74, 6) is 0.343. The van der Waals surface area contributed by atoms with E-state index in [2.05, 4.69) is 21.2 Å². The highest BCUT2D eigenvalue weighted by Crippen LogP contribution is 2.38. The molecule has 0 bridgehead atoms. The first-order valence-electron chi connectivity index (χ1n) is 8.44. The predicted molar refractivity (Wildman–Crippen MR) is 112 cm³/mol. The van der Waals surface area contributed by atoms with Crippen molar-refractivity contribution >= 4 is 57.0 Å². The molecular weight excluding hydrogens is 469 g/mol. The minimum Gasteiger partial charge on any atom is -0.489 e. The molecule has 146 valence electrons. The average Bonchev–Trinajstić information content (AvgIpc) is 2.92. The summed E-state index contributed by atoms with van der Waals surface area (Å²) in [6.07, 6.45) is 1.71. The number of halogens is 3. The highest BCUT2D eigenvalue weighted by molar-refractivity contribution is 9.10. The predicted octanol–water partition coefficient (Wildman–Crippen LogP) is 5.16. The van der Waals surface area contributed by atoms with E-state index in [1.165, 1.54) is 0 Å². The van der Waals surface area contributed by atoms with Crippen LogP contribution in [-0.2, 0) is 16.2 Å². The van der Waals surface area contributed by atoms with Crippen molar-refractivity contribution in [1.29, 1.82) is 0 Å². The third-order valence-corrected chi connectivity index (χ3v) is 4.90. The summed E-state index contributed by atoms with van der Waals surface area (Å²) in [5.41, 5.74) is 1.91. The van der Waals surface area contributed by atoms with Gasteiger partial charge in [-0.15, -0.1) is 0 Å². The van der Waals surface area contributed by atoms with Crippen molar-refractivity contribution < 1.29 is 19.1 Å². The van der Waals surface area contributed by atoms with Gasteiger partial charge in [-0.1, -0.05) is 23.2 Å². The van der Waals surface area contributed by atoms with Crippen molar-refractivity contribution in [2.75, 3.05) is 6.61 Å². The quantitative estimate of drug-likeness (QED) is 0.454. The number of rotatable bonds is 6. The number of hydrogen-bond acceptors (Lipinski definition) is 4. The zero-order valence-corrected chi connectivity index (χ0v) is 18.0. The number of nitrogens with one attached hydrogen (secondary N) is 1. The second-order valence-corrected chi connectivity index (χ2v) is 7.78. The third-order valence-electron chi connectivity index (χ3n) is 3.87. The molecule has 1 fully saturated rings. The molecule has 3 rings (SSSR count). The Bertz CT molecular complexity index is 955. The van der Waals surface area contributed by atoms with E-state index < -0.39 is 0 Å². The second kappa shape index (κ2) is 8.99. The molecule has 1 heterocycles. The minimum absolute atomic E-state index is 0.0564. The first-order chi connectivity index (χ1) is 13.4. The van der Waals surface area contributed by atoms with E-state index >= 15 is 0 Å². The Balaban J connectivity index is 1.91. The van der Waals surface area contributed by atoms with Crippen LogP contribution in [0.2, 0.25) is 10.0 Å². The number of benzene rings is 2. The first-order valence-corrected chi connectivity index (χ1v) is 9.99. The van der Waals surface area contributed by atoms with E-state index in [4.69, 9.17) is 32.7 Å². The smallest absolute Gasteiger partial charge is 0.254 e. The highest BCUT2D eigenvalue weighted by atomic mass is 79.9. The summed E-state index contributed by atoms with van der Waals surface area (Å²) in [5, 5.41) is 3.31. The molecule has 2 aromatic carbocycles. The fourth-order valence-electron chi connectivity index (χ4n) is 2.74.